The van der Waals surface area contributed by atoms with E-state index in [1.54, 1.807) is 0 Å². The zero-order valence-electron chi connectivity index (χ0n) is 14.4. The zero-order valence-corrected chi connectivity index (χ0v) is 15.3. The molecule has 8 N–H and O–H groups in total. The Labute approximate surface area is 144 Å². The monoisotopic (exact) mass is 370 g/mol. The number of phosphoric ester groups is 1. The highest BCUT2D eigenvalue weighted by atomic mass is 31.2. The molecule has 8 nitrogen and oxygen atoms in total. The quantitative estimate of drug-likeness (QED) is 0.400. The highest BCUT2D eigenvalue weighted by Crippen LogP contribution is 2.35. The van der Waals surface area contributed by atoms with Crippen LogP contribution in [0.5, 0.6) is 0 Å². The lowest BCUT2D eigenvalue weighted by atomic mass is 9.97. The predicted octanol–water partition coefficient (Wildman–Crippen LogP) is 1.00. The molecule has 0 aromatic heterocycles. The van der Waals surface area contributed by atoms with Crippen LogP contribution in [0.1, 0.15) is 64.2 Å². The standard InChI is InChI=1S/2C6H13N.C3H9O6P/c2*7-6-4-2-1-3-5-6;4-1-3(5)2-9-10(6,7)8/h2*6H,1-5,7H2;3-5H,1-2H2,(H2,6,7,8). The average Bonchev–Trinajstić information content (AvgIpc) is 2.54. The third-order valence-corrected chi connectivity index (χ3v) is 4.43. The van der Waals surface area contributed by atoms with Crippen molar-refractivity contribution in [3.8, 4) is 0 Å². The summed E-state index contributed by atoms with van der Waals surface area (Å²) in [4.78, 5) is 16.1. The van der Waals surface area contributed by atoms with Crippen molar-refractivity contribution in [1.29, 1.82) is 0 Å². The first-order valence-corrected chi connectivity index (χ1v) is 10.3. The van der Waals surface area contributed by atoms with Gasteiger partial charge in [-0.2, -0.15) is 0 Å². The number of hydrogen-bond donors (Lipinski definition) is 6. The summed E-state index contributed by atoms with van der Waals surface area (Å²) in [5.74, 6) is 0. The molecule has 0 radical (unpaired) electrons. The van der Waals surface area contributed by atoms with Gasteiger partial charge in [-0.25, -0.2) is 4.57 Å². The lowest BCUT2D eigenvalue weighted by Gasteiger charge is -2.15. The number of aliphatic hydroxyl groups is 2. The summed E-state index contributed by atoms with van der Waals surface area (Å²) >= 11 is 0. The molecule has 0 aromatic rings. The third kappa shape index (κ3) is 16.8. The van der Waals surface area contributed by atoms with E-state index in [0.29, 0.717) is 12.1 Å². The molecule has 0 heterocycles. The molecular weight excluding hydrogens is 335 g/mol. The highest BCUT2D eigenvalue weighted by molar-refractivity contribution is 7.46. The van der Waals surface area contributed by atoms with E-state index in [1.165, 1.54) is 64.2 Å². The molecule has 2 saturated carbocycles. The van der Waals surface area contributed by atoms with Gasteiger partial charge < -0.3 is 31.5 Å². The van der Waals surface area contributed by atoms with Crippen LogP contribution >= 0.6 is 7.82 Å². The van der Waals surface area contributed by atoms with E-state index >= 15 is 0 Å². The molecule has 1 atom stereocenters. The van der Waals surface area contributed by atoms with Gasteiger partial charge in [0, 0.05) is 12.1 Å². The van der Waals surface area contributed by atoms with Crippen LogP contribution < -0.4 is 11.5 Å². The molecule has 0 aromatic carbocycles. The lowest BCUT2D eigenvalue weighted by Crippen LogP contribution is -2.22. The van der Waals surface area contributed by atoms with E-state index in [4.69, 9.17) is 31.5 Å². The molecule has 146 valence electrons. The first-order chi connectivity index (χ1) is 11.2. The second-order valence-corrected chi connectivity index (χ2v) is 7.66. The van der Waals surface area contributed by atoms with Crippen LogP contribution in [-0.2, 0) is 9.09 Å². The predicted molar refractivity (Wildman–Crippen MR) is 93.2 cm³/mol. The van der Waals surface area contributed by atoms with Crippen molar-refractivity contribution in [1.82, 2.24) is 0 Å². The van der Waals surface area contributed by atoms with E-state index < -0.39 is 27.1 Å². The van der Waals surface area contributed by atoms with Crippen molar-refractivity contribution in [3.05, 3.63) is 0 Å². The fourth-order valence-corrected chi connectivity index (χ4v) is 2.87. The van der Waals surface area contributed by atoms with Gasteiger partial charge in [-0.15, -0.1) is 0 Å². The average molecular weight is 370 g/mol. The number of rotatable bonds is 4. The number of hydrogen-bond acceptors (Lipinski definition) is 6. The number of aliphatic hydroxyl groups excluding tert-OH is 2. The maximum atomic E-state index is 9.93. The maximum Gasteiger partial charge on any atom is 0.469 e. The van der Waals surface area contributed by atoms with Gasteiger partial charge in [0.05, 0.1) is 13.2 Å². The Morgan fingerprint density at radius 3 is 1.50 bits per heavy atom. The Morgan fingerprint density at radius 1 is 0.917 bits per heavy atom. The van der Waals surface area contributed by atoms with Crippen molar-refractivity contribution in [2.24, 2.45) is 11.5 Å². The third-order valence-electron chi connectivity index (χ3n) is 3.95. The summed E-state index contributed by atoms with van der Waals surface area (Å²) in [6.07, 6.45) is 12.1. The van der Waals surface area contributed by atoms with Gasteiger partial charge in [-0.05, 0) is 25.7 Å². The van der Waals surface area contributed by atoms with Gasteiger partial charge >= 0.3 is 7.82 Å². The van der Waals surface area contributed by atoms with Crippen LogP contribution in [0.4, 0.5) is 0 Å². The topological polar surface area (TPSA) is 159 Å². The van der Waals surface area contributed by atoms with Gasteiger partial charge in [0.25, 0.3) is 0 Å². The van der Waals surface area contributed by atoms with E-state index in [0.717, 1.165) is 0 Å². The molecular formula is C15H35N2O6P. The second-order valence-electron chi connectivity index (χ2n) is 6.42. The molecule has 0 aliphatic heterocycles. The summed E-state index contributed by atoms with van der Waals surface area (Å²) in [6, 6.07) is 1.07. The molecule has 9 heteroatoms. The van der Waals surface area contributed by atoms with Crippen LogP contribution in [0.3, 0.4) is 0 Å². The SMILES string of the molecule is NC1CCCCC1.NC1CCCCC1.O=P(O)(O)OCC(O)CO. The minimum atomic E-state index is -4.50. The highest BCUT2D eigenvalue weighted by Gasteiger charge is 2.15. The van der Waals surface area contributed by atoms with Crippen molar-refractivity contribution in [2.45, 2.75) is 82.4 Å². The van der Waals surface area contributed by atoms with Crippen LogP contribution in [0, 0.1) is 0 Å². The first kappa shape index (κ1) is 23.9. The Morgan fingerprint density at radius 2 is 1.29 bits per heavy atom. The van der Waals surface area contributed by atoms with Crippen LogP contribution in [0.15, 0.2) is 0 Å². The Kier molecular flexibility index (Phi) is 14.1. The number of phosphoric acid groups is 1. The molecule has 0 saturated heterocycles. The van der Waals surface area contributed by atoms with Crippen LogP contribution in [-0.4, -0.2) is 51.4 Å². The molecule has 0 spiro atoms. The van der Waals surface area contributed by atoms with Gasteiger partial charge in [-0.3, -0.25) is 4.52 Å². The Hall–Kier alpha value is -0.0500. The second kappa shape index (κ2) is 14.2. The van der Waals surface area contributed by atoms with Gasteiger partial charge in [0.2, 0.25) is 0 Å². The van der Waals surface area contributed by atoms with Crippen LogP contribution in [0.2, 0.25) is 0 Å². The number of nitrogens with two attached hydrogens (primary N) is 2. The fraction of sp³-hybridized carbons (Fsp3) is 1.00. The zero-order chi connectivity index (χ0) is 18.4. The molecule has 24 heavy (non-hydrogen) atoms. The van der Waals surface area contributed by atoms with Crippen molar-refractivity contribution >= 4 is 7.82 Å². The Bertz CT molecular complexity index is 314. The molecule has 0 bridgehead atoms. The smallest absolute Gasteiger partial charge is 0.394 e. The lowest BCUT2D eigenvalue weighted by molar-refractivity contribution is 0.0419. The molecule has 0 amide bonds. The van der Waals surface area contributed by atoms with E-state index in [9.17, 15) is 4.57 Å². The summed E-state index contributed by atoms with van der Waals surface area (Å²) in [5.41, 5.74) is 11.3. The van der Waals surface area contributed by atoms with Crippen molar-refractivity contribution in [2.75, 3.05) is 13.2 Å². The van der Waals surface area contributed by atoms with E-state index in [-0.39, 0.29) is 0 Å². The van der Waals surface area contributed by atoms with E-state index in [1.807, 2.05) is 0 Å². The fourth-order valence-electron chi connectivity index (χ4n) is 2.50. The Balaban J connectivity index is 0.000000337. The van der Waals surface area contributed by atoms with Crippen molar-refractivity contribution in [3.63, 3.8) is 0 Å². The van der Waals surface area contributed by atoms with Gasteiger partial charge in [0.1, 0.15) is 6.10 Å². The largest absolute Gasteiger partial charge is 0.469 e. The van der Waals surface area contributed by atoms with E-state index in [2.05, 4.69) is 4.52 Å². The summed E-state index contributed by atoms with van der Waals surface area (Å²) in [6.45, 7) is -1.15. The summed E-state index contributed by atoms with van der Waals surface area (Å²) < 4.78 is 13.8. The summed E-state index contributed by atoms with van der Waals surface area (Å²) in [5, 5.41) is 16.7. The molecule has 2 aliphatic rings. The minimum Gasteiger partial charge on any atom is -0.394 e. The minimum absolute atomic E-state index is 0.536. The molecule has 2 rings (SSSR count). The summed E-state index contributed by atoms with van der Waals surface area (Å²) in [7, 11) is -4.50. The van der Waals surface area contributed by atoms with Gasteiger partial charge in [-0.1, -0.05) is 38.5 Å². The normalized spacial score (nSPS) is 21.1. The maximum absolute atomic E-state index is 9.93. The van der Waals surface area contributed by atoms with Gasteiger partial charge in [0.15, 0.2) is 0 Å². The molecule has 1 unspecified atom stereocenters. The van der Waals surface area contributed by atoms with Crippen molar-refractivity contribution < 1.29 is 29.1 Å². The molecule has 2 fully saturated rings. The molecule has 2 aliphatic carbocycles. The van der Waals surface area contributed by atoms with Crippen LogP contribution in [0.25, 0.3) is 0 Å². The first-order valence-electron chi connectivity index (χ1n) is 8.74.